The monoisotopic (exact) mass is 383 g/mol. The second-order valence-electron chi connectivity index (χ2n) is 6.08. The van der Waals surface area contributed by atoms with Gasteiger partial charge in [-0.3, -0.25) is 14.5 Å². The van der Waals surface area contributed by atoms with E-state index >= 15 is 0 Å². The number of aryl methyl sites for hydroxylation is 1. The Bertz CT molecular complexity index is 906. The number of benzene rings is 1. The summed E-state index contributed by atoms with van der Waals surface area (Å²) in [6.45, 7) is 4.20. The Balaban J connectivity index is 1.69. The smallest absolute Gasteiger partial charge is 0.263 e. The zero-order valence-electron chi connectivity index (χ0n) is 15.2. The van der Waals surface area contributed by atoms with Gasteiger partial charge in [0, 0.05) is 31.8 Å². The molecule has 0 radical (unpaired) electrons. The van der Waals surface area contributed by atoms with Crippen LogP contribution < -0.4 is 10.2 Å². The van der Waals surface area contributed by atoms with Crippen LogP contribution in [-0.4, -0.2) is 33.3 Å². The lowest BCUT2D eigenvalue weighted by atomic mass is 10.2. The molecule has 0 aliphatic heterocycles. The molecule has 0 aliphatic rings. The Morgan fingerprint density at radius 3 is 2.70 bits per heavy atom. The molecule has 8 heteroatoms. The fraction of sp³-hybridized carbons (Fsp3) is 0.263. The molecule has 3 rings (SSSR count). The van der Waals surface area contributed by atoms with Gasteiger partial charge in [-0.05, 0) is 12.5 Å². The predicted octanol–water partition coefficient (Wildman–Crippen LogP) is 2.70. The van der Waals surface area contributed by atoms with Gasteiger partial charge in [0.2, 0.25) is 5.91 Å². The number of imidazole rings is 1. The Morgan fingerprint density at radius 1 is 1.26 bits per heavy atom. The molecule has 27 heavy (non-hydrogen) atoms. The molecular weight excluding hydrogens is 362 g/mol. The maximum absolute atomic E-state index is 12.5. The third-order valence-electron chi connectivity index (χ3n) is 4.02. The van der Waals surface area contributed by atoms with Gasteiger partial charge in [0.15, 0.2) is 5.13 Å². The van der Waals surface area contributed by atoms with Gasteiger partial charge >= 0.3 is 0 Å². The first kappa shape index (κ1) is 18.8. The van der Waals surface area contributed by atoms with Gasteiger partial charge in [-0.15, -0.1) is 0 Å². The van der Waals surface area contributed by atoms with Crippen LogP contribution in [0.25, 0.3) is 0 Å². The van der Waals surface area contributed by atoms with Gasteiger partial charge in [-0.2, -0.15) is 0 Å². The molecule has 2 heterocycles. The summed E-state index contributed by atoms with van der Waals surface area (Å²) in [6, 6.07) is 9.71. The lowest BCUT2D eigenvalue weighted by molar-refractivity contribution is -0.116. The fourth-order valence-electron chi connectivity index (χ4n) is 2.60. The quantitative estimate of drug-likeness (QED) is 0.656. The van der Waals surface area contributed by atoms with E-state index in [0.29, 0.717) is 35.2 Å². The van der Waals surface area contributed by atoms with Crippen molar-refractivity contribution in [1.82, 2.24) is 20.3 Å². The van der Waals surface area contributed by atoms with Crippen molar-refractivity contribution < 1.29 is 9.59 Å². The van der Waals surface area contributed by atoms with Crippen LogP contribution in [0.3, 0.4) is 0 Å². The summed E-state index contributed by atoms with van der Waals surface area (Å²) in [5.41, 5.74) is 2.59. The van der Waals surface area contributed by atoms with Crippen molar-refractivity contribution in [2.75, 3.05) is 11.4 Å². The van der Waals surface area contributed by atoms with Crippen LogP contribution in [0.15, 0.2) is 42.9 Å². The zero-order valence-corrected chi connectivity index (χ0v) is 16.0. The van der Waals surface area contributed by atoms with E-state index in [-0.39, 0.29) is 11.8 Å². The Hall–Kier alpha value is -3.00. The first-order valence-electron chi connectivity index (χ1n) is 8.59. The van der Waals surface area contributed by atoms with Gasteiger partial charge in [-0.25, -0.2) is 9.97 Å². The normalized spacial score (nSPS) is 10.6. The highest BCUT2D eigenvalue weighted by Crippen LogP contribution is 2.27. The molecule has 0 aliphatic carbocycles. The highest BCUT2D eigenvalue weighted by Gasteiger charge is 2.21. The summed E-state index contributed by atoms with van der Waals surface area (Å²) in [6.07, 6.45) is 4.01. The minimum absolute atomic E-state index is 0.112. The third kappa shape index (κ3) is 4.79. The number of rotatable bonds is 7. The first-order chi connectivity index (χ1) is 13.0. The molecule has 2 aromatic heterocycles. The maximum atomic E-state index is 12.5. The van der Waals surface area contributed by atoms with E-state index in [0.717, 1.165) is 11.3 Å². The van der Waals surface area contributed by atoms with Crippen molar-refractivity contribution >= 4 is 28.3 Å². The molecule has 1 aromatic carbocycles. The number of H-pyrrole nitrogens is 1. The number of hydrogen-bond acceptors (Lipinski definition) is 5. The summed E-state index contributed by atoms with van der Waals surface area (Å²) >= 11 is 1.23. The predicted molar refractivity (Wildman–Crippen MR) is 105 cm³/mol. The number of anilines is 1. The number of thiazole rings is 1. The van der Waals surface area contributed by atoms with Crippen LogP contribution in [-0.2, 0) is 17.8 Å². The van der Waals surface area contributed by atoms with Crippen molar-refractivity contribution in [1.29, 1.82) is 0 Å². The van der Waals surface area contributed by atoms with Crippen molar-refractivity contribution in [3.63, 3.8) is 0 Å². The van der Waals surface area contributed by atoms with Gasteiger partial charge in [-0.1, -0.05) is 41.7 Å². The number of aromatic amines is 1. The SMILES string of the molecule is CC(=O)N(Cc1ccccc1)c1nc(C)c(C(=O)NCCc2cnc[nH]2)s1. The van der Waals surface area contributed by atoms with Crippen LogP contribution in [0.4, 0.5) is 5.13 Å². The van der Waals surface area contributed by atoms with E-state index in [1.165, 1.54) is 18.3 Å². The highest BCUT2D eigenvalue weighted by molar-refractivity contribution is 7.17. The fourth-order valence-corrected chi connectivity index (χ4v) is 3.63. The summed E-state index contributed by atoms with van der Waals surface area (Å²) in [4.78, 5) is 38.1. The molecule has 2 amide bonds. The van der Waals surface area contributed by atoms with E-state index in [9.17, 15) is 9.59 Å². The topological polar surface area (TPSA) is 91.0 Å². The van der Waals surface area contributed by atoms with Crippen molar-refractivity contribution in [2.24, 2.45) is 0 Å². The van der Waals surface area contributed by atoms with Gasteiger partial charge in [0.25, 0.3) is 5.91 Å². The molecule has 0 saturated carbocycles. The van der Waals surface area contributed by atoms with Crippen LogP contribution in [0.1, 0.15) is 33.5 Å². The summed E-state index contributed by atoms with van der Waals surface area (Å²) in [7, 11) is 0. The largest absolute Gasteiger partial charge is 0.351 e. The van der Waals surface area contributed by atoms with Crippen molar-refractivity contribution in [3.8, 4) is 0 Å². The van der Waals surface area contributed by atoms with Crippen LogP contribution >= 0.6 is 11.3 Å². The minimum Gasteiger partial charge on any atom is -0.351 e. The molecule has 0 spiro atoms. The van der Waals surface area contributed by atoms with Crippen molar-refractivity contribution in [2.45, 2.75) is 26.8 Å². The molecule has 7 nitrogen and oxygen atoms in total. The molecule has 2 N–H and O–H groups in total. The Labute approximate surface area is 161 Å². The number of carbonyl (C=O) groups is 2. The summed E-state index contributed by atoms with van der Waals surface area (Å²) < 4.78 is 0. The van der Waals surface area contributed by atoms with E-state index < -0.39 is 0 Å². The van der Waals surface area contributed by atoms with Crippen LogP contribution in [0, 0.1) is 6.92 Å². The summed E-state index contributed by atoms with van der Waals surface area (Å²) in [5, 5.41) is 3.42. The molecule has 140 valence electrons. The number of nitrogens with one attached hydrogen (secondary N) is 2. The summed E-state index contributed by atoms with van der Waals surface area (Å²) in [5.74, 6) is -0.294. The molecular formula is C19H21N5O2S. The van der Waals surface area contributed by atoms with Crippen LogP contribution in [0.5, 0.6) is 0 Å². The lowest BCUT2D eigenvalue weighted by Gasteiger charge is -2.17. The minimum atomic E-state index is -0.182. The number of amides is 2. The van der Waals surface area contributed by atoms with Crippen molar-refractivity contribution in [3.05, 3.63) is 64.7 Å². The maximum Gasteiger partial charge on any atom is 0.263 e. The molecule has 0 fully saturated rings. The first-order valence-corrected chi connectivity index (χ1v) is 9.41. The Kier molecular flexibility index (Phi) is 5.97. The van der Waals surface area contributed by atoms with E-state index in [2.05, 4.69) is 20.3 Å². The molecule has 3 aromatic rings. The molecule has 0 unspecified atom stereocenters. The van der Waals surface area contributed by atoms with E-state index in [1.807, 2.05) is 30.3 Å². The van der Waals surface area contributed by atoms with E-state index in [1.54, 1.807) is 24.3 Å². The molecule has 0 atom stereocenters. The second kappa shape index (κ2) is 8.59. The van der Waals surface area contributed by atoms with Crippen LogP contribution in [0.2, 0.25) is 0 Å². The Morgan fingerprint density at radius 2 is 2.04 bits per heavy atom. The standard InChI is InChI=1S/C19H21N5O2S/c1-13-17(18(26)21-9-8-16-10-20-12-22-16)27-19(23-13)24(14(2)25)11-15-6-4-3-5-7-15/h3-7,10,12H,8-9,11H2,1-2H3,(H,20,22)(H,21,26). The highest BCUT2D eigenvalue weighted by atomic mass is 32.1. The lowest BCUT2D eigenvalue weighted by Crippen LogP contribution is -2.27. The van der Waals surface area contributed by atoms with Gasteiger partial charge in [0.05, 0.1) is 18.6 Å². The molecule has 0 bridgehead atoms. The second-order valence-corrected chi connectivity index (χ2v) is 7.06. The number of hydrogen-bond donors (Lipinski definition) is 2. The third-order valence-corrected chi connectivity index (χ3v) is 5.20. The number of carbonyl (C=O) groups excluding carboxylic acids is 2. The average molecular weight is 383 g/mol. The average Bonchev–Trinajstić information content (AvgIpc) is 3.30. The number of nitrogens with zero attached hydrogens (tertiary/aromatic N) is 3. The van der Waals surface area contributed by atoms with Gasteiger partial charge < -0.3 is 10.3 Å². The number of aromatic nitrogens is 3. The zero-order chi connectivity index (χ0) is 19.2. The molecule has 0 saturated heterocycles. The van der Waals surface area contributed by atoms with E-state index in [4.69, 9.17) is 0 Å². The van der Waals surface area contributed by atoms with Gasteiger partial charge in [0.1, 0.15) is 4.88 Å².